The van der Waals surface area contributed by atoms with Crippen LogP contribution in [-0.4, -0.2) is 17.4 Å². The summed E-state index contributed by atoms with van der Waals surface area (Å²) in [6, 6.07) is 9.45. The minimum atomic E-state index is -4.36. The third-order valence-corrected chi connectivity index (χ3v) is 10.6. The first-order valence-corrected chi connectivity index (χ1v) is 13.8. The summed E-state index contributed by atoms with van der Waals surface area (Å²) in [6.45, 7) is 2.23. The van der Waals surface area contributed by atoms with E-state index >= 15 is 0 Å². The number of alkyl halides is 1. The van der Waals surface area contributed by atoms with Crippen molar-refractivity contribution in [3.05, 3.63) is 33.9 Å². The van der Waals surface area contributed by atoms with Crippen LogP contribution in [0.25, 0.3) is 0 Å². The molecule has 24 heavy (non-hydrogen) atoms. The van der Waals surface area contributed by atoms with Gasteiger partial charge in [-0.25, -0.2) is 0 Å². The van der Waals surface area contributed by atoms with Crippen molar-refractivity contribution in [2.24, 2.45) is 0 Å². The third-order valence-electron chi connectivity index (χ3n) is 3.79. The van der Waals surface area contributed by atoms with E-state index in [9.17, 15) is 8.42 Å². The monoisotopic (exact) mass is 470 g/mol. The van der Waals surface area contributed by atoms with Crippen LogP contribution in [0.15, 0.2) is 30.3 Å². The Morgan fingerprint density at radius 2 is 1.38 bits per heavy atom. The predicted molar refractivity (Wildman–Crippen MR) is 109 cm³/mol. The van der Waals surface area contributed by atoms with Crippen LogP contribution in [0, 0.1) is 3.57 Å². The molecular weight excluding hydrogens is 439 g/mol. The van der Waals surface area contributed by atoms with Gasteiger partial charge in [-0.15, -0.1) is 0 Å². The van der Waals surface area contributed by atoms with E-state index in [-0.39, 0.29) is 0 Å². The number of hydrogen-bond donors (Lipinski definition) is 1. The van der Waals surface area contributed by atoms with Crippen LogP contribution < -0.4 is 0 Å². The number of benzene rings is 1. The molecular formula is C18H31IO4S. The molecule has 0 heterocycles. The Hall–Kier alpha value is -0.180. The molecule has 0 saturated carbocycles. The van der Waals surface area contributed by atoms with E-state index in [1.165, 1.54) is 51.4 Å². The van der Waals surface area contributed by atoms with Gasteiger partial charge in [-0.3, -0.25) is 0 Å². The van der Waals surface area contributed by atoms with Crippen LogP contribution in [0.2, 0.25) is 0 Å². The normalized spacial score (nSPS) is 12.3. The van der Waals surface area contributed by atoms with Gasteiger partial charge in [0.1, 0.15) is 0 Å². The number of hydrogen-bond acceptors (Lipinski definition) is 3. The van der Waals surface area contributed by atoms with E-state index in [0.717, 1.165) is 20.8 Å². The molecule has 0 aliphatic rings. The molecule has 0 spiro atoms. The van der Waals surface area contributed by atoms with Crippen molar-refractivity contribution in [2.75, 3.05) is 4.43 Å². The molecule has 0 unspecified atom stereocenters. The Labute approximate surface area is 155 Å². The summed E-state index contributed by atoms with van der Waals surface area (Å²) in [5.41, 5.74) is 0. The zero-order chi connectivity index (χ0) is 17.7. The van der Waals surface area contributed by atoms with Gasteiger partial charge in [-0.05, 0) is 0 Å². The summed E-state index contributed by atoms with van der Waals surface area (Å²) >= 11 is -2.33. The van der Waals surface area contributed by atoms with Crippen molar-refractivity contribution in [2.45, 2.75) is 71.1 Å². The van der Waals surface area contributed by atoms with Gasteiger partial charge in [0.15, 0.2) is 0 Å². The van der Waals surface area contributed by atoms with Gasteiger partial charge in [-0.1, -0.05) is 0 Å². The van der Waals surface area contributed by atoms with Crippen LogP contribution in [0.3, 0.4) is 0 Å². The zero-order valence-corrected chi connectivity index (χ0v) is 17.6. The average molecular weight is 470 g/mol. The SMILES string of the molecule is CCCCCCCCCCCCI(OS(=O)(=O)O)c1ccccc1. The van der Waals surface area contributed by atoms with Gasteiger partial charge in [0, 0.05) is 0 Å². The summed E-state index contributed by atoms with van der Waals surface area (Å²) in [5, 5.41) is 0. The molecule has 1 aromatic carbocycles. The fraction of sp³-hybridized carbons (Fsp3) is 0.667. The molecule has 0 saturated heterocycles. The van der Waals surface area contributed by atoms with Gasteiger partial charge in [0.25, 0.3) is 0 Å². The summed E-state index contributed by atoms with van der Waals surface area (Å²) in [6.07, 6.45) is 12.5. The average Bonchev–Trinajstić information content (AvgIpc) is 2.55. The second kappa shape index (κ2) is 13.1. The van der Waals surface area contributed by atoms with E-state index in [2.05, 4.69) is 6.92 Å². The Morgan fingerprint density at radius 3 is 1.88 bits per heavy atom. The van der Waals surface area contributed by atoms with Crippen LogP contribution in [0.5, 0.6) is 0 Å². The van der Waals surface area contributed by atoms with Crippen molar-refractivity contribution < 1.29 is 15.5 Å². The number of rotatable bonds is 14. The molecule has 0 aliphatic carbocycles. The molecule has 0 aliphatic heterocycles. The van der Waals surface area contributed by atoms with Crippen molar-refractivity contribution in [3.63, 3.8) is 0 Å². The summed E-state index contributed by atoms with van der Waals surface area (Å²) in [5.74, 6) is 0. The van der Waals surface area contributed by atoms with Crippen LogP contribution in [0.1, 0.15) is 71.1 Å². The first kappa shape index (κ1) is 21.9. The molecule has 140 valence electrons. The molecule has 0 bridgehead atoms. The van der Waals surface area contributed by atoms with Gasteiger partial charge in [-0.2, -0.15) is 0 Å². The summed E-state index contributed by atoms with van der Waals surface area (Å²) < 4.78 is 37.8. The van der Waals surface area contributed by atoms with E-state index in [1.807, 2.05) is 30.3 Å². The molecule has 1 rings (SSSR count). The van der Waals surface area contributed by atoms with Crippen molar-refractivity contribution in [1.29, 1.82) is 0 Å². The fourth-order valence-corrected chi connectivity index (χ4v) is 8.74. The Balaban J connectivity index is 2.21. The first-order valence-electron chi connectivity index (χ1n) is 8.91. The van der Waals surface area contributed by atoms with Crippen molar-refractivity contribution >= 4 is 30.6 Å². The number of halogens is 1. The van der Waals surface area contributed by atoms with E-state index in [1.54, 1.807) is 0 Å². The number of unbranched alkanes of at least 4 members (excludes halogenated alkanes) is 9. The minimum absolute atomic E-state index is 0.754. The van der Waals surface area contributed by atoms with Gasteiger partial charge < -0.3 is 0 Å². The molecule has 6 heteroatoms. The molecule has 1 aromatic rings. The maximum absolute atomic E-state index is 11.1. The Kier molecular flexibility index (Phi) is 11.9. The third kappa shape index (κ3) is 11.4. The molecule has 1 N–H and O–H groups in total. The van der Waals surface area contributed by atoms with Gasteiger partial charge in [0.2, 0.25) is 0 Å². The second-order valence-electron chi connectivity index (χ2n) is 5.98. The van der Waals surface area contributed by atoms with Crippen LogP contribution in [-0.2, 0) is 12.9 Å². The molecule has 0 atom stereocenters. The standard InChI is InChI=1S/C18H31IO4S/c1-2-3-4-5-6-7-8-9-10-14-17-19(23-24(20,21)22)18-15-12-11-13-16-18/h11-13,15-16H,2-10,14,17H2,1H3,(H,20,21,22). The van der Waals surface area contributed by atoms with Crippen molar-refractivity contribution in [1.82, 2.24) is 0 Å². The fourth-order valence-electron chi connectivity index (χ4n) is 2.53. The van der Waals surface area contributed by atoms with Crippen LogP contribution in [0.4, 0.5) is 0 Å². The molecule has 0 amide bonds. The van der Waals surface area contributed by atoms with Gasteiger partial charge in [0.05, 0.1) is 0 Å². The first-order chi connectivity index (χ1) is 11.5. The zero-order valence-electron chi connectivity index (χ0n) is 14.6. The van der Waals surface area contributed by atoms with E-state index in [0.29, 0.717) is 0 Å². The summed E-state index contributed by atoms with van der Waals surface area (Å²) in [7, 11) is -4.36. The van der Waals surface area contributed by atoms with E-state index in [4.69, 9.17) is 7.07 Å². The molecule has 0 fully saturated rings. The Bertz CT molecular complexity index is 519. The maximum atomic E-state index is 11.1. The van der Waals surface area contributed by atoms with Crippen LogP contribution >= 0.6 is 20.2 Å². The second-order valence-corrected chi connectivity index (χ2v) is 12.2. The molecule has 4 nitrogen and oxygen atoms in total. The predicted octanol–water partition coefficient (Wildman–Crippen LogP) is 6.02. The van der Waals surface area contributed by atoms with Gasteiger partial charge >= 0.3 is 156 Å². The molecule has 0 aromatic heterocycles. The topological polar surface area (TPSA) is 63.6 Å². The quantitative estimate of drug-likeness (QED) is 0.156. The Morgan fingerprint density at radius 1 is 0.875 bits per heavy atom. The van der Waals surface area contributed by atoms with E-state index < -0.39 is 30.6 Å². The summed E-state index contributed by atoms with van der Waals surface area (Å²) in [4.78, 5) is 0. The molecule has 0 radical (unpaired) electrons. The van der Waals surface area contributed by atoms with Crippen molar-refractivity contribution in [3.8, 4) is 0 Å².